The molecule has 0 aliphatic carbocycles. The highest BCUT2D eigenvalue weighted by molar-refractivity contribution is 7.92. The van der Waals surface area contributed by atoms with Gasteiger partial charge in [-0.2, -0.15) is 0 Å². The fourth-order valence-electron chi connectivity index (χ4n) is 2.74. The fraction of sp³-hybridized carbons (Fsp3) is 0.190. The van der Waals surface area contributed by atoms with Crippen LogP contribution in [0, 0.1) is 20.8 Å². The van der Waals surface area contributed by atoms with E-state index in [-0.39, 0.29) is 4.90 Å². The molecule has 0 fully saturated rings. The molecule has 146 valence electrons. The first-order chi connectivity index (χ1) is 13.3. The van der Waals surface area contributed by atoms with Crippen molar-refractivity contribution in [2.24, 2.45) is 0 Å². The van der Waals surface area contributed by atoms with Crippen LogP contribution in [0.2, 0.25) is 0 Å². The van der Waals surface area contributed by atoms with Crippen LogP contribution in [-0.4, -0.2) is 20.5 Å². The molecule has 6 nitrogen and oxygen atoms in total. The van der Waals surface area contributed by atoms with Crippen LogP contribution < -0.4 is 14.8 Å². The van der Waals surface area contributed by atoms with Crippen LogP contribution in [0.15, 0.2) is 59.6 Å². The lowest BCUT2D eigenvalue weighted by molar-refractivity contribution is 0.402. The zero-order valence-corrected chi connectivity index (χ0v) is 17.1. The van der Waals surface area contributed by atoms with Crippen molar-refractivity contribution in [3.8, 4) is 5.75 Å². The van der Waals surface area contributed by atoms with Crippen LogP contribution in [0.1, 0.15) is 16.7 Å². The number of rotatable bonds is 6. The van der Waals surface area contributed by atoms with Crippen molar-refractivity contribution >= 4 is 27.2 Å². The minimum absolute atomic E-state index is 0.0904. The number of aryl methyl sites for hydroxylation is 3. The maximum Gasteiger partial charge on any atom is 0.265 e. The molecular weight excluding hydrogens is 374 g/mol. The second-order valence-electron chi connectivity index (χ2n) is 6.64. The van der Waals surface area contributed by atoms with E-state index in [0.29, 0.717) is 17.3 Å². The van der Waals surface area contributed by atoms with Crippen molar-refractivity contribution < 1.29 is 13.2 Å². The van der Waals surface area contributed by atoms with Gasteiger partial charge in [-0.25, -0.2) is 13.4 Å². The van der Waals surface area contributed by atoms with Crippen LogP contribution in [0.5, 0.6) is 5.75 Å². The molecule has 0 atom stereocenters. The average molecular weight is 398 g/mol. The van der Waals surface area contributed by atoms with Gasteiger partial charge in [0.2, 0.25) is 0 Å². The topological polar surface area (TPSA) is 80.3 Å². The summed E-state index contributed by atoms with van der Waals surface area (Å²) in [6.45, 7) is 5.86. The van der Waals surface area contributed by atoms with Crippen molar-refractivity contribution in [1.82, 2.24) is 4.98 Å². The molecule has 1 heterocycles. The largest absolute Gasteiger partial charge is 0.495 e. The van der Waals surface area contributed by atoms with Gasteiger partial charge in [0.05, 0.1) is 19.0 Å². The van der Waals surface area contributed by atoms with Crippen molar-refractivity contribution in [1.29, 1.82) is 0 Å². The van der Waals surface area contributed by atoms with Gasteiger partial charge in [0.15, 0.2) is 0 Å². The van der Waals surface area contributed by atoms with Crippen LogP contribution >= 0.6 is 0 Å². The number of ether oxygens (including phenoxy) is 1. The van der Waals surface area contributed by atoms with Gasteiger partial charge in [-0.1, -0.05) is 18.2 Å². The molecule has 0 bridgehead atoms. The quantitative estimate of drug-likeness (QED) is 0.637. The summed E-state index contributed by atoms with van der Waals surface area (Å²) < 4.78 is 33.3. The summed E-state index contributed by atoms with van der Waals surface area (Å²) >= 11 is 0. The normalized spacial score (nSPS) is 11.1. The lowest BCUT2D eigenvalue weighted by atomic mass is 10.1. The van der Waals surface area contributed by atoms with Gasteiger partial charge in [0, 0.05) is 5.69 Å². The molecule has 0 radical (unpaired) electrons. The highest BCUT2D eigenvalue weighted by Gasteiger charge is 2.20. The third-order valence-corrected chi connectivity index (χ3v) is 5.68. The Balaban J connectivity index is 1.80. The van der Waals surface area contributed by atoms with Crippen LogP contribution in [0.25, 0.3) is 0 Å². The summed E-state index contributed by atoms with van der Waals surface area (Å²) in [5.74, 6) is 0.920. The first-order valence-electron chi connectivity index (χ1n) is 8.76. The average Bonchev–Trinajstić information content (AvgIpc) is 2.66. The zero-order chi connectivity index (χ0) is 20.3. The number of nitrogens with zero attached hydrogens (tertiary/aromatic N) is 1. The Morgan fingerprint density at radius 3 is 2.32 bits per heavy atom. The number of methoxy groups -OCH3 is 1. The van der Waals surface area contributed by atoms with E-state index in [1.54, 1.807) is 30.3 Å². The van der Waals surface area contributed by atoms with E-state index >= 15 is 0 Å². The Morgan fingerprint density at radius 1 is 0.929 bits per heavy atom. The molecule has 3 aromatic rings. The monoisotopic (exact) mass is 397 g/mol. The number of sulfonamides is 1. The van der Waals surface area contributed by atoms with Gasteiger partial charge >= 0.3 is 0 Å². The number of hydrogen-bond donors (Lipinski definition) is 2. The molecule has 0 aliphatic rings. The fourth-order valence-corrected chi connectivity index (χ4v) is 4.04. The van der Waals surface area contributed by atoms with E-state index in [0.717, 1.165) is 22.4 Å². The van der Waals surface area contributed by atoms with E-state index in [1.165, 1.54) is 13.3 Å². The van der Waals surface area contributed by atoms with Crippen molar-refractivity contribution in [2.45, 2.75) is 25.7 Å². The predicted octanol–water partition coefficient (Wildman–Crippen LogP) is 4.56. The van der Waals surface area contributed by atoms with E-state index < -0.39 is 10.0 Å². The number of hydrogen-bond acceptors (Lipinski definition) is 5. The molecule has 0 amide bonds. The number of pyridine rings is 1. The SMILES string of the molecule is COc1ccc(C)cc1S(=O)(=O)Nc1ccc(Nc2cc(C)ccc2C)nc1. The second-order valence-corrected chi connectivity index (χ2v) is 8.29. The number of benzene rings is 2. The Bertz CT molecular complexity index is 1090. The van der Waals surface area contributed by atoms with E-state index in [1.807, 2.05) is 39.0 Å². The number of anilines is 3. The summed E-state index contributed by atoms with van der Waals surface area (Å²) in [4.78, 5) is 4.40. The molecule has 0 spiro atoms. The minimum Gasteiger partial charge on any atom is -0.495 e. The summed E-state index contributed by atoms with van der Waals surface area (Å²) in [5.41, 5.74) is 4.40. The van der Waals surface area contributed by atoms with Crippen molar-refractivity contribution in [3.63, 3.8) is 0 Å². The Labute approximate surface area is 165 Å². The van der Waals surface area contributed by atoms with Gasteiger partial charge in [-0.15, -0.1) is 0 Å². The summed E-state index contributed by atoms with van der Waals surface area (Å²) in [6, 6.07) is 14.5. The lowest BCUT2D eigenvalue weighted by Crippen LogP contribution is -2.14. The molecule has 7 heteroatoms. The predicted molar refractivity (Wildman–Crippen MR) is 112 cm³/mol. The molecule has 0 aliphatic heterocycles. The van der Waals surface area contributed by atoms with Gasteiger partial charge in [0.25, 0.3) is 10.0 Å². The molecule has 28 heavy (non-hydrogen) atoms. The van der Waals surface area contributed by atoms with Gasteiger partial charge in [-0.05, 0) is 67.8 Å². The van der Waals surface area contributed by atoms with Crippen molar-refractivity contribution in [3.05, 3.63) is 71.4 Å². The molecule has 2 N–H and O–H groups in total. The second kappa shape index (κ2) is 7.90. The molecule has 0 saturated carbocycles. The smallest absolute Gasteiger partial charge is 0.265 e. The van der Waals surface area contributed by atoms with E-state index in [4.69, 9.17) is 4.74 Å². The third-order valence-electron chi connectivity index (χ3n) is 4.28. The molecule has 1 aromatic heterocycles. The van der Waals surface area contributed by atoms with E-state index in [2.05, 4.69) is 15.0 Å². The Hall–Kier alpha value is -3.06. The highest BCUT2D eigenvalue weighted by atomic mass is 32.2. The molecular formula is C21H23N3O3S. The maximum atomic E-state index is 12.8. The van der Waals surface area contributed by atoms with Gasteiger partial charge < -0.3 is 10.1 Å². The summed E-state index contributed by atoms with van der Waals surface area (Å²) in [6.07, 6.45) is 1.48. The first kappa shape index (κ1) is 19.7. The molecule has 2 aromatic carbocycles. The third kappa shape index (κ3) is 4.43. The Kier molecular flexibility index (Phi) is 5.56. The molecule has 0 saturated heterocycles. The highest BCUT2D eigenvalue weighted by Crippen LogP contribution is 2.27. The summed E-state index contributed by atoms with van der Waals surface area (Å²) in [7, 11) is -2.35. The van der Waals surface area contributed by atoms with Gasteiger partial charge in [0.1, 0.15) is 16.5 Å². The lowest BCUT2D eigenvalue weighted by Gasteiger charge is -2.13. The Morgan fingerprint density at radius 2 is 1.64 bits per heavy atom. The van der Waals surface area contributed by atoms with Crippen molar-refractivity contribution in [2.75, 3.05) is 17.1 Å². The van der Waals surface area contributed by atoms with Gasteiger partial charge in [-0.3, -0.25) is 4.72 Å². The molecule has 0 unspecified atom stereocenters. The zero-order valence-electron chi connectivity index (χ0n) is 16.3. The standard InChI is InChI=1S/C21H23N3O3S/c1-14-5-7-16(3)18(11-14)23-21-10-8-17(13-22-21)24-28(25,26)20-12-15(2)6-9-19(20)27-4/h5-13,24H,1-4H3,(H,22,23). The van der Waals surface area contributed by atoms with Crippen LogP contribution in [0.4, 0.5) is 17.2 Å². The molecule has 3 rings (SSSR count). The first-order valence-corrected chi connectivity index (χ1v) is 10.2. The number of aromatic nitrogens is 1. The number of nitrogens with one attached hydrogen (secondary N) is 2. The summed E-state index contributed by atoms with van der Waals surface area (Å²) in [5, 5.41) is 3.25. The maximum absolute atomic E-state index is 12.8. The van der Waals surface area contributed by atoms with Crippen LogP contribution in [-0.2, 0) is 10.0 Å². The minimum atomic E-state index is -3.80. The van der Waals surface area contributed by atoms with E-state index in [9.17, 15) is 8.42 Å². The van der Waals surface area contributed by atoms with Crippen LogP contribution in [0.3, 0.4) is 0 Å².